The van der Waals surface area contributed by atoms with E-state index in [9.17, 15) is 14.4 Å². The highest BCUT2D eigenvalue weighted by Crippen LogP contribution is 2.28. The highest BCUT2D eigenvalue weighted by molar-refractivity contribution is 7.17. The molecule has 0 aliphatic rings. The molecule has 0 saturated heterocycles. The second-order valence-electron chi connectivity index (χ2n) is 6.33. The molecule has 1 aromatic carbocycles. The van der Waals surface area contributed by atoms with Crippen LogP contribution in [0.5, 0.6) is 0 Å². The Balaban J connectivity index is 1.99. The number of carbonyl (C=O) groups is 3. The highest BCUT2D eigenvalue weighted by Gasteiger charge is 2.27. The first-order chi connectivity index (χ1) is 13.4. The fraction of sp³-hybridized carbons (Fsp3) is 0.400. The van der Waals surface area contributed by atoms with Crippen LogP contribution < -0.4 is 5.32 Å². The van der Waals surface area contributed by atoms with Gasteiger partial charge in [0.2, 0.25) is 0 Å². The average Bonchev–Trinajstić information content (AvgIpc) is 3.11. The predicted molar refractivity (Wildman–Crippen MR) is 106 cm³/mol. The van der Waals surface area contributed by atoms with Gasteiger partial charge in [0.05, 0.1) is 12.8 Å². The molecule has 1 heterocycles. The highest BCUT2D eigenvalue weighted by atomic mass is 32.1. The van der Waals surface area contributed by atoms with Crippen molar-refractivity contribution >= 4 is 29.2 Å². The van der Waals surface area contributed by atoms with Crippen LogP contribution in [0.4, 0.5) is 0 Å². The fourth-order valence-corrected chi connectivity index (χ4v) is 3.46. The fourth-order valence-electron chi connectivity index (χ4n) is 2.50. The Morgan fingerprint density at radius 2 is 1.89 bits per heavy atom. The first kappa shape index (κ1) is 21.6. The summed E-state index contributed by atoms with van der Waals surface area (Å²) in [6, 6.07) is 8.72. The molecule has 0 saturated carbocycles. The van der Waals surface area contributed by atoms with Gasteiger partial charge in [0.25, 0.3) is 5.91 Å². The molecule has 2 rings (SSSR count). The molecule has 0 spiro atoms. The Hall–Kier alpha value is -2.74. The van der Waals surface area contributed by atoms with Crippen LogP contribution in [0.25, 0.3) is 10.6 Å². The number of nitrogens with zero attached hydrogens (tertiary/aromatic N) is 1. The van der Waals surface area contributed by atoms with Crippen molar-refractivity contribution in [2.45, 2.75) is 33.2 Å². The molecule has 1 aromatic heterocycles. The number of hydrogen-bond acceptors (Lipinski definition) is 7. The van der Waals surface area contributed by atoms with E-state index in [4.69, 9.17) is 9.47 Å². The molecule has 0 aliphatic heterocycles. The van der Waals surface area contributed by atoms with E-state index in [0.717, 1.165) is 5.56 Å². The van der Waals surface area contributed by atoms with Crippen LogP contribution in [0, 0.1) is 12.8 Å². The summed E-state index contributed by atoms with van der Waals surface area (Å²) in [5.41, 5.74) is 1.45. The van der Waals surface area contributed by atoms with Crippen molar-refractivity contribution < 1.29 is 23.9 Å². The lowest BCUT2D eigenvalue weighted by Gasteiger charge is -2.21. The van der Waals surface area contributed by atoms with E-state index in [1.165, 1.54) is 18.4 Å². The van der Waals surface area contributed by atoms with E-state index in [0.29, 0.717) is 22.0 Å². The maximum atomic E-state index is 12.4. The average molecular weight is 404 g/mol. The maximum absolute atomic E-state index is 12.4. The summed E-state index contributed by atoms with van der Waals surface area (Å²) < 4.78 is 9.84. The number of carbonyl (C=O) groups excluding carboxylic acids is 3. The summed E-state index contributed by atoms with van der Waals surface area (Å²) >= 11 is 1.21. The van der Waals surface area contributed by atoms with Crippen molar-refractivity contribution in [3.05, 3.63) is 40.9 Å². The molecule has 0 fully saturated rings. The van der Waals surface area contributed by atoms with Gasteiger partial charge in [0.15, 0.2) is 6.61 Å². The van der Waals surface area contributed by atoms with Crippen molar-refractivity contribution in [3.8, 4) is 10.6 Å². The van der Waals surface area contributed by atoms with E-state index >= 15 is 0 Å². The van der Waals surface area contributed by atoms with Crippen LogP contribution in [-0.4, -0.2) is 42.6 Å². The van der Waals surface area contributed by atoms with Crippen LogP contribution in [0.3, 0.4) is 0 Å². The summed E-state index contributed by atoms with van der Waals surface area (Å²) in [7, 11) is 1.26. The molecule has 8 heteroatoms. The van der Waals surface area contributed by atoms with Gasteiger partial charge in [-0.3, -0.25) is 4.79 Å². The van der Waals surface area contributed by atoms with Crippen molar-refractivity contribution in [2.75, 3.05) is 13.7 Å². The Bertz CT molecular complexity index is 834. The van der Waals surface area contributed by atoms with Gasteiger partial charge < -0.3 is 14.8 Å². The molecule has 2 aromatic rings. The number of hydrogen-bond donors (Lipinski definition) is 1. The molecular weight excluding hydrogens is 380 g/mol. The van der Waals surface area contributed by atoms with Gasteiger partial charge in [-0.1, -0.05) is 50.6 Å². The van der Waals surface area contributed by atoms with Crippen LogP contribution >= 0.6 is 11.3 Å². The van der Waals surface area contributed by atoms with Crippen LogP contribution in [0.1, 0.15) is 35.6 Å². The number of nitrogens with one attached hydrogen (secondary N) is 1. The first-order valence-corrected chi connectivity index (χ1v) is 9.76. The topological polar surface area (TPSA) is 94.6 Å². The molecule has 1 amide bonds. The minimum absolute atomic E-state index is 0.107. The minimum Gasteiger partial charge on any atom is -0.467 e. The number of amides is 1. The largest absolute Gasteiger partial charge is 0.467 e. The van der Waals surface area contributed by atoms with Gasteiger partial charge >= 0.3 is 11.9 Å². The standard InChI is InChI=1S/C20H24N2O5S/c1-5-12(2)16(19(24)26-4)22-15(23)11-27-20(25)17-13(3)21-18(28-17)14-9-7-6-8-10-14/h6-10,12,16H,5,11H2,1-4H3,(H,22,23)/t12-,16+/m1/s1. The number of benzene rings is 1. The Labute approximate surface area is 168 Å². The van der Waals surface area contributed by atoms with Crippen LogP contribution in [0.15, 0.2) is 30.3 Å². The smallest absolute Gasteiger partial charge is 0.350 e. The summed E-state index contributed by atoms with van der Waals surface area (Å²) in [6.45, 7) is 4.97. The van der Waals surface area contributed by atoms with Crippen molar-refractivity contribution in [1.82, 2.24) is 10.3 Å². The lowest BCUT2D eigenvalue weighted by Crippen LogP contribution is -2.47. The van der Waals surface area contributed by atoms with Gasteiger partial charge in [0, 0.05) is 5.56 Å². The van der Waals surface area contributed by atoms with E-state index in [-0.39, 0.29) is 5.92 Å². The predicted octanol–water partition coefficient (Wildman–Crippen LogP) is 2.98. The van der Waals surface area contributed by atoms with Crippen molar-refractivity contribution in [3.63, 3.8) is 0 Å². The van der Waals surface area contributed by atoms with Gasteiger partial charge in [-0.25, -0.2) is 14.6 Å². The summed E-state index contributed by atoms with van der Waals surface area (Å²) in [4.78, 5) is 41.1. The number of rotatable bonds is 8. The number of methoxy groups -OCH3 is 1. The van der Waals surface area contributed by atoms with Crippen molar-refractivity contribution in [2.24, 2.45) is 5.92 Å². The van der Waals surface area contributed by atoms with Gasteiger partial charge in [-0.2, -0.15) is 0 Å². The second-order valence-corrected chi connectivity index (χ2v) is 7.33. The minimum atomic E-state index is -0.781. The number of esters is 2. The summed E-state index contributed by atoms with van der Waals surface area (Å²) in [5, 5.41) is 3.27. The molecule has 28 heavy (non-hydrogen) atoms. The number of aromatic nitrogens is 1. The zero-order chi connectivity index (χ0) is 20.7. The first-order valence-electron chi connectivity index (χ1n) is 8.94. The number of aryl methyl sites for hydroxylation is 1. The molecule has 150 valence electrons. The van der Waals surface area contributed by atoms with E-state index in [1.807, 2.05) is 44.2 Å². The van der Waals surface area contributed by atoms with E-state index in [2.05, 4.69) is 10.3 Å². The van der Waals surface area contributed by atoms with E-state index in [1.54, 1.807) is 6.92 Å². The summed E-state index contributed by atoms with van der Waals surface area (Å²) in [5.74, 6) is -1.82. The molecule has 0 aliphatic carbocycles. The van der Waals surface area contributed by atoms with E-state index < -0.39 is 30.5 Å². The normalized spacial score (nSPS) is 12.7. The molecule has 2 atom stereocenters. The third-order valence-electron chi connectivity index (χ3n) is 4.32. The third-order valence-corrected chi connectivity index (χ3v) is 5.51. The van der Waals surface area contributed by atoms with Crippen LogP contribution in [-0.2, 0) is 19.1 Å². The number of thiazole rings is 1. The molecule has 0 bridgehead atoms. The molecule has 7 nitrogen and oxygen atoms in total. The van der Waals surface area contributed by atoms with Gasteiger partial charge in [-0.05, 0) is 12.8 Å². The van der Waals surface area contributed by atoms with Crippen LogP contribution in [0.2, 0.25) is 0 Å². The lowest BCUT2D eigenvalue weighted by atomic mass is 9.99. The number of ether oxygens (including phenoxy) is 2. The Kier molecular flexibility index (Phi) is 7.69. The third kappa shape index (κ3) is 5.39. The van der Waals surface area contributed by atoms with Crippen molar-refractivity contribution in [1.29, 1.82) is 0 Å². The molecule has 1 N–H and O–H groups in total. The zero-order valence-corrected chi connectivity index (χ0v) is 17.2. The summed E-state index contributed by atoms with van der Waals surface area (Å²) in [6.07, 6.45) is 0.683. The quantitative estimate of drug-likeness (QED) is 0.680. The zero-order valence-electron chi connectivity index (χ0n) is 16.4. The maximum Gasteiger partial charge on any atom is 0.350 e. The van der Waals surface area contributed by atoms with Gasteiger partial charge in [-0.15, -0.1) is 11.3 Å². The SMILES string of the molecule is CC[C@@H](C)[C@H](NC(=O)COC(=O)c1sc(-c2ccccc2)nc1C)C(=O)OC. The molecule has 0 radical (unpaired) electrons. The Morgan fingerprint density at radius 3 is 2.50 bits per heavy atom. The molecular formula is C20H24N2O5S. The Morgan fingerprint density at radius 1 is 1.21 bits per heavy atom. The monoisotopic (exact) mass is 404 g/mol. The van der Waals surface area contributed by atoms with Gasteiger partial charge in [0.1, 0.15) is 15.9 Å². The molecule has 0 unspecified atom stereocenters. The second kappa shape index (κ2) is 9.98. The lowest BCUT2D eigenvalue weighted by molar-refractivity contribution is -0.147.